The molecule has 1 aromatic rings. The van der Waals surface area contributed by atoms with Crippen molar-refractivity contribution in [1.29, 1.82) is 0 Å². The molecule has 0 saturated heterocycles. The molecule has 0 spiro atoms. The molecule has 3 heteroatoms. The third-order valence-electron chi connectivity index (χ3n) is 1.48. The van der Waals surface area contributed by atoms with Gasteiger partial charge in [0.2, 0.25) is 0 Å². The van der Waals surface area contributed by atoms with E-state index in [9.17, 15) is 0 Å². The molecule has 0 fully saturated rings. The van der Waals surface area contributed by atoms with E-state index in [0.717, 1.165) is 17.8 Å². The molecular weight excluding hydrogens is 138 g/mol. The first-order valence-corrected chi connectivity index (χ1v) is 3.69. The molecule has 11 heavy (non-hydrogen) atoms. The first-order valence-electron chi connectivity index (χ1n) is 3.69. The lowest BCUT2D eigenvalue weighted by Crippen LogP contribution is -2.13. The van der Waals surface area contributed by atoms with Gasteiger partial charge in [0, 0.05) is 31.2 Å². The predicted octanol–water partition coefficient (Wildman–Crippen LogP) is 0.761. The van der Waals surface area contributed by atoms with Crippen LogP contribution < -0.4 is 11.1 Å². The average molecular weight is 151 g/mol. The molecule has 1 aromatic heterocycles. The predicted molar refractivity (Wildman–Crippen MR) is 46.5 cm³/mol. The fraction of sp³-hybridized carbons (Fsp3) is 0.375. The summed E-state index contributed by atoms with van der Waals surface area (Å²) in [6.45, 7) is 3.48. The number of aryl methyl sites for hydroxylation is 1. The molecule has 0 bridgehead atoms. The Kier molecular flexibility index (Phi) is 2.86. The van der Waals surface area contributed by atoms with Crippen molar-refractivity contribution in [3.8, 4) is 0 Å². The first-order chi connectivity index (χ1) is 5.34. The summed E-state index contributed by atoms with van der Waals surface area (Å²) in [4.78, 5) is 3.98. The van der Waals surface area contributed by atoms with Gasteiger partial charge in [0.15, 0.2) is 0 Å². The Morgan fingerprint density at radius 1 is 1.64 bits per heavy atom. The second-order valence-corrected chi connectivity index (χ2v) is 2.41. The summed E-state index contributed by atoms with van der Waals surface area (Å²) in [5.74, 6) is 0. The van der Waals surface area contributed by atoms with Crippen molar-refractivity contribution >= 4 is 5.69 Å². The summed E-state index contributed by atoms with van der Waals surface area (Å²) < 4.78 is 0. The summed E-state index contributed by atoms with van der Waals surface area (Å²) in [6.07, 6.45) is 3.60. The smallest absolute Gasteiger partial charge is 0.0401 e. The Morgan fingerprint density at radius 3 is 3.09 bits per heavy atom. The molecule has 0 aliphatic heterocycles. The molecule has 60 valence electrons. The highest BCUT2D eigenvalue weighted by Gasteiger charge is 1.93. The zero-order valence-electron chi connectivity index (χ0n) is 6.67. The first kappa shape index (κ1) is 8.01. The molecule has 0 aliphatic carbocycles. The monoisotopic (exact) mass is 151 g/mol. The van der Waals surface area contributed by atoms with E-state index in [2.05, 4.69) is 10.3 Å². The quantitative estimate of drug-likeness (QED) is 0.670. The SMILES string of the molecule is Cc1cnccc1NCCN. The summed E-state index contributed by atoms with van der Waals surface area (Å²) >= 11 is 0. The van der Waals surface area contributed by atoms with Crippen molar-refractivity contribution < 1.29 is 0 Å². The molecule has 0 atom stereocenters. The second kappa shape index (κ2) is 3.93. The average Bonchev–Trinajstić information content (AvgIpc) is 2.03. The van der Waals surface area contributed by atoms with Gasteiger partial charge in [-0.3, -0.25) is 4.98 Å². The van der Waals surface area contributed by atoms with E-state index in [4.69, 9.17) is 5.73 Å². The Hall–Kier alpha value is -1.09. The highest BCUT2D eigenvalue weighted by molar-refractivity contribution is 5.48. The van der Waals surface area contributed by atoms with Crippen LogP contribution in [-0.4, -0.2) is 18.1 Å². The van der Waals surface area contributed by atoms with Crippen LogP contribution in [0.2, 0.25) is 0 Å². The van der Waals surface area contributed by atoms with Crippen LogP contribution in [0.5, 0.6) is 0 Å². The minimum absolute atomic E-state index is 0.655. The summed E-state index contributed by atoms with van der Waals surface area (Å²) in [6, 6.07) is 1.95. The van der Waals surface area contributed by atoms with Crippen LogP contribution in [0, 0.1) is 6.92 Å². The number of nitrogens with zero attached hydrogens (tertiary/aromatic N) is 1. The summed E-state index contributed by atoms with van der Waals surface area (Å²) in [5, 5.41) is 3.20. The standard InChI is InChI=1S/C8H13N3/c1-7-6-10-4-2-8(7)11-5-3-9/h2,4,6H,3,5,9H2,1H3,(H,10,11). The van der Waals surface area contributed by atoms with Gasteiger partial charge in [0.25, 0.3) is 0 Å². The zero-order chi connectivity index (χ0) is 8.10. The number of pyridine rings is 1. The second-order valence-electron chi connectivity index (χ2n) is 2.41. The van der Waals surface area contributed by atoms with E-state index in [1.807, 2.05) is 19.2 Å². The van der Waals surface area contributed by atoms with Crippen LogP contribution in [0.4, 0.5) is 5.69 Å². The van der Waals surface area contributed by atoms with Crippen molar-refractivity contribution in [2.45, 2.75) is 6.92 Å². The van der Waals surface area contributed by atoms with Crippen LogP contribution in [0.25, 0.3) is 0 Å². The van der Waals surface area contributed by atoms with Gasteiger partial charge in [-0.2, -0.15) is 0 Å². The van der Waals surface area contributed by atoms with Gasteiger partial charge in [-0.1, -0.05) is 0 Å². The maximum atomic E-state index is 5.35. The van der Waals surface area contributed by atoms with Gasteiger partial charge >= 0.3 is 0 Å². The Bertz CT molecular complexity index is 222. The van der Waals surface area contributed by atoms with Gasteiger partial charge in [-0.25, -0.2) is 0 Å². The van der Waals surface area contributed by atoms with Crippen LogP contribution in [0.1, 0.15) is 5.56 Å². The van der Waals surface area contributed by atoms with E-state index < -0.39 is 0 Å². The molecule has 1 rings (SSSR count). The van der Waals surface area contributed by atoms with Gasteiger partial charge in [-0.15, -0.1) is 0 Å². The number of hydrogen-bond acceptors (Lipinski definition) is 3. The Labute approximate surface area is 66.6 Å². The van der Waals surface area contributed by atoms with Crippen molar-refractivity contribution in [3.63, 3.8) is 0 Å². The van der Waals surface area contributed by atoms with Gasteiger partial charge < -0.3 is 11.1 Å². The van der Waals surface area contributed by atoms with Crippen molar-refractivity contribution in [2.24, 2.45) is 5.73 Å². The summed E-state index contributed by atoms with van der Waals surface area (Å²) in [7, 11) is 0. The van der Waals surface area contributed by atoms with Crippen molar-refractivity contribution in [3.05, 3.63) is 24.0 Å². The fourth-order valence-corrected chi connectivity index (χ4v) is 0.879. The van der Waals surface area contributed by atoms with Gasteiger partial charge in [0.1, 0.15) is 0 Å². The number of anilines is 1. The Balaban J connectivity index is 2.62. The molecule has 0 aliphatic rings. The lowest BCUT2D eigenvalue weighted by atomic mass is 10.2. The molecule has 0 aromatic carbocycles. The number of aromatic nitrogens is 1. The fourth-order valence-electron chi connectivity index (χ4n) is 0.879. The maximum Gasteiger partial charge on any atom is 0.0401 e. The van der Waals surface area contributed by atoms with Crippen LogP contribution in [-0.2, 0) is 0 Å². The third kappa shape index (κ3) is 2.20. The van der Waals surface area contributed by atoms with E-state index in [1.165, 1.54) is 0 Å². The van der Waals surface area contributed by atoms with Crippen LogP contribution >= 0.6 is 0 Å². The minimum atomic E-state index is 0.655. The van der Waals surface area contributed by atoms with Crippen LogP contribution in [0.3, 0.4) is 0 Å². The van der Waals surface area contributed by atoms with E-state index >= 15 is 0 Å². The van der Waals surface area contributed by atoms with Gasteiger partial charge in [0.05, 0.1) is 0 Å². The molecule has 0 amide bonds. The van der Waals surface area contributed by atoms with E-state index in [1.54, 1.807) is 6.20 Å². The summed E-state index contributed by atoms with van der Waals surface area (Å²) in [5.41, 5.74) is 7.62. The maximum absolute atomic E-state index is 5.35. The lowest BCUT2D eigenvalue weighted by molar-refractivity contribution is 1.02. The number of hydrogen-bond donors (Lipinski definition) is 2. The normalized spacial score (nSPS) is 9.64. The van der Waals surface area contributed by atoms with E-state index in [0.29, 0.717) is 6.54 Å². The van der Waals surface area contributed by atoms with Crippen LogP contribution in [0.15, 0.2) is 18.5 Å². The third-order valence-corrected chi connectivity index (χ3v) is 1.48. The molecule has 0 saturated carbocycles. The Morgan fingerprint density at radius 2 is 2.45 bits per heavy atom. The number of nitrogens with one attached hydrogen (secondary N) is 1. The molecule has 0 unspecified atom stereocenters. The number of rotatable bonds is 3. The van der Waals surface area contributed by atoms with Crippen molar-refractivity contribution in [1.82, 2.24) is 4.98 Å². The topological polar surface area (TPSA) is 50.9 Å². The molecular formula is C8H13N3. The minimum Gasteiger partial charge on any atom is -0.383 e. The number of nitrogens with two attached hydrogens (primary N) is 1. The highest BCUT2D eigenvalue weighted by Crippen LogP contribution is 2.10. The molecule has 1 heterocycles. The largest absolute Gasteiger partial charge is 0.383 e. The van der Waals surface area contributed by atoms with E-state index in [-0.39, 0.29) is 0 Å². The zero-order valence-corrected chi connectivity index (χ0v) is 6.67. The highest BCUT2D eigenvalue weighted by atomic mass is 14.9. The van der Waals surface area contributed by atoms with Crippen molar-refractivity contribution in [2.75, 3.05) is 18.4 Å². The molecule has 3 nitrogen and oxygen atoms in total. The lowest BCUT2D eigenvalue weighted by Gasteiger charge is -2.06. The molecule has 0 radical (unpaired) electrons. The molecule has 3 N–H and O–H groups in total. The van der Waals surface area contributed by atoms with Gasteiger partial charge in [-0.05, 0) is 18.6 Å².